The Bertz CT molecular complexity index is 507. The monoisotopic (exact) mass is 287 g/mol. The maximum Gasteiger partial charge on any atom is 0.320 e. The van der Waals surface area contributed by atoms with Gasteiger partial charge in [-0.3, -0.25) is 0 Å². The zero-order valence-corrected chi connectivity index (χ0v) is 13.3. The van der Waals surface area contributed by atoms with Crippen LogP contribution >= 0.6 is 0 Å². The van der Waals surface area contributed by atoms with Crippen molar-refractivity contribution in [2.45, 2.75) is 20.8 Å². The molecule has 0 aromatic heterocycles. The molecule has 0 atom stereocenters. The molecule has 4 heteroatoms. The Morgan fingerprint density at radius 3 is 2.05 bits per heavy atom. The van der Waals surface area contributed by atoms with Gasteiger partial charge in [-0.05, 0) is 19.1 Å². The Morgan fingerprint density at radius 1 is 0.952 bits per heavy atom. The van der Waals surface area contributed by atoms with Gasteiger partial charge in [0.15, 0.2) is 0 Å². The van der Waals surface area contributed by atoms with Crippen LogP contribution < -0.4 is 4.90 Å². The molecular formula is C17H25N3O. The van der Waals surface area contributed by atoms with E-state index in [0.717, 1.165) is 39.3 Å². The summed E-state index contributed by atoms with van der Waals surface area (Å²) in [6, 6.07) is 8.86. The molecule has 3 rings (SSSR count). The Balaban J connectivity index is 1.53. The number of likely N-dealkylation sites (tertiary alicyclic amines) is 1. The van der Waals surface area contributed by atoms with E-state index >= 15 is 0 Å². The Hall–Kier alpha value is -1.71. The molecule has 2 saturated heterocycles. The predicted molar refractivity (Wildman–Crippen MR) is 85.7 cm³/mol. The van der Waals surface area contributed by atoms with Crippen molar-refractivity contribution in [2.75, 3.05) is 44.2 Å². The summed E-state index contributed by atoms with van der Waals surface area (Å²) in [6.45, 7) is 11.8. The van der Waals surface area contributed by atoms with Gasteiger partial charge in [-0.1, -0.05) is 31.5 Å². The highest BCUT2D eigenvalue weighted by Crippen LogP contribution is 2.29. The highest BCUT2D eigenvalue weighted by Gasteiger charge is 2.39. The van der Waals surface area contributed by atoms with Crippen molar-refractivity contribution in [3.8, 4) is 0 Å². The normalized spacial score (nSPS) is 21.2. The van der Waals surface area contributed by atoms with Crippen LogP contribution in [0.4, 0.5) is 10.5 Å². The average Bonchev–Trinajstić information content (AvgIpc) is 2.45. The number of amides is 2. The molecule has 0 spiro atoms. The minimum absolute atomic E-state index is 0.220. The van der Waals surface area contributed by atoms with Gasteiger partial charge in [0.2, 0.25) is 0 Å². The van der Waals surface area contributed by atoms with E-state index in [1.165, 1.54) is 11.3 Å². The van der Waals surface area contributed by atoms with E-state index in [-0.39, 0.29) is 6.03 Å². The van der Waals surface area contributed by atoms with Crippen LogP contribution in [0.3, 0.4) is 0 Å². The SMILES string of the molecule is Cc1ccc(N2CCN(C(=O)N3CC(C)(C)C3)CC2)cc1. The lowest BCUT2D eigenvalue weighted by Crippen LogP contribution is -2.61. The summed E-state index contributed by atoms with van der Waals surface area (Å²) in [5.74, 6) is 0. The summed E-state index contributed by atoms with van der Waals surface area (Å²) in [6.07, 6.45) is 0. The third-order valence-electron chi connectivity index (χ3n) is 4.46. The molecule has 2 fully saturated rings. The molecule has 2 aliphatic rings. The van der Waals surface area contributed by atoms with Crippen molar-refractivity contribution in [3.05, 3.63) is 29.8 Å². The van der Waals surface area contributed by atoms with Gasteiger partial charge in [0, 0.05) is 50.4 Å². The van der Waals surface area contributed by atoms with Gasteiger partial charge < -0.3 is 14.7 Å². The molecule has 4 nitrogen and oxygen atoms in total. The molecule has 0 bridgehead atoms. The van der Waals surface area contributed by atoms with Crippen LogP contribution in [-0.4, -0.2) is 55.1 Å². The minimum atomic E-state index is 0.220. The minimum Gasteiger partial charge on any atom is -0.368 e. The van der Waals surface area contributed by atoms with Crippen LogP contribution in [0, 0.1) is 12.3 Å². The molecule has 114 valence electrons. The van der Waals surface area contributed by atoms with Crippen LogP contribution in [0.1, 0.15) is 19.4 Å². The fourth-order valence-corrected chi connectivity index (χ4v) is 3.23. The van der Waals surface area contributed by atoms with Gasteiger partial charge in [-0.25, -0.2) is 4.79 Å². The van der Waals surface area contributed by atoms with Gasteiger partial charge in [0.05, 0.1) is 0 Å². The fourth-order valence-electron chi connectivity index (χ4n) is 3.23. The first-order valence-electron chi connectivity index (χ1n) is 7.80. The molecule has 0 aliphatic carbocycles. The van der Waals surface area contributed by atoms with Crippen LogP contribution in [-0.2, 0) is 0 Å². The van der Waals surface area contributed by atoms with Gasteiger partial charge in [0.1, 0.15) is 0 Å². The van der Waals surface area contributed by atoms with E-state index in [4.69, 9.17) is 0 Å². The van der Waals surface area contributed by atoms with Crippen molar-refractivity contribution in [1.82, 2.24) is 9.80 Å². The molecule has 2 aliphatic heterocycles. The van der Waals surface area contributed by atoms with Crippen molar-refractivity contribution in [3.63, 3.8) is 0 Å². The number of rotatable bonds is 1. The summed E-state index contributed by atoms with van der Waals surface area (Å²) < 4.78 is 0. The van der Waals surface area contributed by atoms with Gasteiger partial charge in [-0.2, -0.15) is 0 Å². The second-order valence-corrected chi connectivity index (χ2v) is 7.11. The molecule has 1 aromatic rings. The van der Waals surface area contributed by atoms with E-state index in [1.807, 2.05) is 9.80 Å². The Labute approximate surface area is 127 Å². The maximum atomic E-state index is 12.4. The Kier molecular flexibility index (Phi) is 3.56. The largest absolute Gasteiger partial charge is 0.368 e. The smallest absolute Gasteiger partial charge is 0.320 e. The lowest BCUT2D eigenvalue weighted by atomic mass is 9.85. The second kappa shape index (κ2) is 5.24. The first-order chi connectivity index (χ1) is 9.94. The molecular weight excluding hydrogens is 262 g/mol. The van der Waals surface area contributed by atoms with E-state index in [2.05, 4.69) is 49.9 Å². The highest BCUT2D eigenvalue weighted by molar-refractivity contribution is 5.76. The van der Waals surface area contributed by atoms with E-state index in [0.29, 0.717) is 5.41 Å². The number of hydrogen-bond acceptors (Lipinski definition) is 2. The molecule has 0 saturated carbocycles. The number of piperazine rings is 1. The number of urea groups is 1. The molecule has 0 N–H and O–H groups in total. The first-order valence-corrected chi connectivity index (χ1v) is 7.80. The molecule has 1 aromatic carbocycles. The molecule has 0 radical (unpaired) electrons. The number of hydrogen-bond donors (Lipinski definition) is 0. The van der Waals surface area contributed by atoms with Crippen LogP contribution in [0.2, 0.25) is 0 Å². The summed E-state index contributed by atoms with van der Waals surface area (Å²) in [4.78, 5) is 18.7. The third-order valence-corrected chi connectivity index (χ3v) is 4.46. The molecule has 2 heterocycles. The summed E-state index contributed by atoms with van der Waals surface area (Å²) in [5.41, 5.74) is 2.85. The summed E-state index contributed by atoms with van der Waals surface area (Å²) in [5, 5.41) is 0. The van der Waals surface area contributed by atoms with Crippen LogP contribution in [0.5, 0.6) is 0 Å². The van der Waals surface area contributed by atoms with Crippen LogP contribution in [0.25, 0.3) is 0 Å². The standard InChI is InChI=1S/C17H25N3O/c1-14-4-6-15(7-5-14)18-8-10-19(11-9-18)16(21)20-12-17(2,3)13-20/h4-7H,8-13H2,1-3H3. The van der Waals surface area contributed by atoms with Gasteiger partial charge in [0.25, 0.3) is 0 Å². The lowest BCUT2D eigenvalue weighted by molar-refractivity contribution is 0.0416. The molecule has 0 unspecified atom stereocenters. The van der Waals surface area contributed by atoms with Crippen molar-refractivity contribution >= 4 is 11.7 Å². The predicted octanol–water partition coefficient (Wildman–Crippen LogP) is 2.58. The topological polar surface area (TPSA) is 26.8 Å². The average molecular weight is 287 g/mol. The van der Waals surface area contributed by atoms with Crippen molar-refractivity contribution < 1.29 is 4.79 Å². The highest BCUT2D eigenvalue weighted by atomic mass is 16.2. The third kappa shape index (κ3) is 2.99. The van der Waals surface area contributed by atoms with E-state index in [9.17, 15) is 4.79 Å². The number of carbonyl (C=O) groups excluding carboxylic acids is 1. The van der Waals surface area contributed by atoms with Crippen molar-refractivity contribution in [1.29, 1.82) is 0 Å². The second-order valence-electron chi connectivity index (χ2n) is 7.11. The Morgan fingerprint density at radius 2 is 1.52 bits per heavy atom. The summed E-state index contributed by atoms with van der Waals surface area (Å²) in [7, 11) is 0. The van der Waals surface area contributed by atoms with E-state index in [1.54, 1.807) is 0 Å². The maximum absolute atomic E-state index is 12.4. The number of nitrogens with zero attached hydrogens (tertiary/aromatic N) is 3. The first kappa shape index (κ1) is 14.2. The lowest BCUT2D eigenvalue weighted by Gasteiger charge is -2.48. The van der Waals surface area contributed by atoms with Gasteiger partial charge >= 0.3 is 6.03 Å². The zero-order chi connectivity index (χ0) is 15.0. The number of anilines is 1. The van der Waals surface area contributed by atoms with E-state index < -0.39 is 0 Å². The van der Waals surface area contributed by atoms with Crippen LogP contribution in [0.15, 0.2) is 24.3 Å². The summed E-state index contributed by atoms with van der Waals surface area (Å²) >= 11 is 0. The number of benzene rings is 1. The molecule has 2 amide bonds. The zero-order valence-electron chi connectivity index (χ0n) is 13.3. The van der Waals surface area contributed by atoms with Crippen molar-refractivity contribution in [2.24, 2.45) is 5.41 Å². The van der Waals surface area contributed by atoms with Gasteiger partial charge in [-0.15, -0.1) is 0 Å². The quantitative estimate of drug-likeness (QED) is 0.794. The molecule has 21 heavy (non-hydrogen) atoms. The number of carbonyl (C=O) groups is 1. The fraction of sp³-hybridized carbons (Fsp3) is 0.588. The number of aryl methyl sites for hydroxylation is 1.